The van der Waals surface area contributed by atoms with E-state index in [4.69, 9.17) is 0 Å². The van der Waals surface area contributed by atoms with Crippen molar-refractivity contribution < 1.29 is 0 Å². The van der Waals surface area contributed by atoms with Gasteiger partial charge < -0.3 is 4.90 Å². The zero-order valence-corrected chi connectivity index (χ0v) is 37.5. The number of anilines is 3. The van der Waals surface area contributed by atoms with Crippen LogP contribution in [0.4, 0.5) is 17.1 Å². The van der Waals surface area contributed by atoms with Gasteiger partial charge in [0.25, 0.3) is 0 Å². The van der Waals surface area contributed by atoms with Crippen molar-refractivity contribution >= 4 is 59.3 Å². The average molecular weight is 870 g/mol. The predicted octanol–water partition coefficient (Wildman–Crippen LogP) is 18.0. The van der Waals surface area contributed by atoms with Crippen molar-refractivity contribution in [3.05, 3.63) is 283 Å². The van der Waals surface area contributed by atoms with Gasteiger partial charge in [0, 0.05) is 37.1 Å². The maximum Gasteiger partial charge on any atom is 0.0713 e. The number of fused-ring (bicyclic) bond motifs is 7. The Morgan fingerprint density at radius 1 is 0.313 bits per heavy atom. The minimum absolute atomic E-state index is 0.456. The van der Waals surface area contributed by atoms with Crippen molar-refractivity contribution in [2.45, 2.75) is 5.41 Å². The Morgan fingerprint density at radius 2 is 0.866 bits per heavy atom. The molecule has 0 bridgehead atoms. The summed E-state index contributed by atoms with van der Waals surface area (Å²) in [5, 5.41) is 5.09. The molecule has 1 nitrogen and oxygen atoms in total. The fraction of sp³-hybridized carbons (Fsp3) is 0.0154. The molecule has 1 heterocycles. The normalized spacial score (nSPS) is 12.6. The SMILES string of the molecule is c1ccc(C2(c3ccccc3)c3ccccc3-c3ccc(-c4ccc(N(c5ccc(-c6cccc7c6sc6ccccc67)cc5)c5ccccc5-c5ccc6ccccc6c5)cc4)cc32)cc1. The van der Waals surface area contributed by atoms with Gasteiger partial charge in [0.2, 0.25) is 0 Å². The third kappa shape index (κ3) is 6.37. The van der Waals surface area contributed by atoms with E-state index >= 15 is 0 Å². The average Bonchev–Trinajstić information content (AvgIpc) is 3.94. The van der Waals surface area contributed by atoms with E-state index in [1.165, 1.54) is 97.7 Å². The van der Waals surface area contributed by atoms with Crippen molar-refractivity contribution in [2.75, 3.05) is 4.90 Å². The molecular weight excluding hydrogens is 827 g/mol. The van der Waals surface area contributed by atoms with E-state index in [1.54, 1.807) is 0 Å². The van der Waals surface area contributed by atoms with Crippen molar-refractivity contribution in [1.29, 1.82) is 0 Å². The number of hydrogen-bond acceptors (Lipinski definition) is 2. The fourth-order valence-corrected chi connectivity index (χ4v) is 12.1. The molecule has 0 saturated heterocycles. The number of hydrogen-bond donors (Lipinski definition) is 0. The number of nitrogens with zero attached hydrogens (tertiary/aromatic N) is 1. The monoisotopic (exact) mass is 869 g/mol. The molecule has 0 radical (unpaired) electrons. The molecule has 0 N–H and O–H groups in total. The quantitative estimate of drug-likeness (QED) is 0.147. The largest absolute Gasteiger partial charge is 0.310 e. The summed E-state index contributed by atoms with van der Waals surface area (Å²) < 4.78 is 2.64. The van der Waals surface area contributed by atoms with E-state index in [2.05, 4.69) is 266 Å². The van der Waals surface area contributed by atoms with Gasteiger partial charge in [-0.3, -0.25) is 0 Å². The summed E-state index contributed by atoms with van der Waals surface area (Å²) in [7, 11) is 0. The first-order chi connectivity index (χ1) is 33.2. The molecule has 314 valence electrons. The van der Waals surface area contributed by atoms with Crippen LogP contribution in [-0.4, -0.2) is 0 Å². The van der Waals surface area contributed by atoms with E-state index in [9.17, 15) is 0 Å². The van der Waals surface area contributed by atoms with Crippen molar-refractivity contribution in [3.8, 4) is 44.5 Å². The van der Waals surface area contributed by atoms with Gasteiger partial charge in [0.1, 0.15) is 0 Å². The van der Waals surface area contributed by atoms with Gasteiger partial charge in [-0.15, -0.1) is 11.3 Å². The van der Waals surface area contributed by atoms with Crippen LogP contribution in [-0.2, 0) is 5.41 Å². The lowest BCUT2D eigenvalue weighted by atomic mass is 9.67. The van der Waals surface area contributed by atoms with E-state index < -0.39 is 5.41 Å². The fourth-order valence-electron chi connectivity index (χ4n) is 10.9. The Bertz CT molecular complexity index is 3750. The van der Waals surface area contributed by atoms with Crippen molar-refractivity contribution in [3.63, 3.8) is 0 Å². The third-order valence-corrected chi connectivity index (χ3v) is 15.2. The van der Waals surface area contributed by atoms with Crippen LogP contribution in [0.25, 0.3) is 75.5 Å². The van der Waals surface area contributed by atoms with Crippen LogP contribution >= 0.6 is 11.3 Å². The Hall–Kier alpha value is -8.30. The predicted molar refractivity (Wildman–Crippen MR) is 285 cm³/mol. The molecule has 1 aromatic heterocycles. The van der Waals surface area contributed by atoms with Crippen molar-refractivity contribution in [2.24, 2.45) is 0 Å². The molecule has 11 aromatic carbocycles. The van der Waals surface area contributed by atoms with Gasteiger partial charge in [-0.25, -0.2) is 0 Å². The topological polar surface area (TPSA) is 3.24 Å². The highest BCUT2D eigenvalue weighted by molar-refractivity contribution is 7.26. The smallest absolute Gasteiger partial charge is 0.0713 e. The van der Waals surface area contributed by atoms with Gasteiger partial charge in [0.15, 0.2) is 0 Å². The molecule has 12 aromatic rings. The molecule has 0 aliphatic heterocycles. The van der Waals surface area contributed by atoms with Crippen LogP contribution in [0.2, 0.25) is 0 Å². The summed E-state index contributed by atoms with van der Waals surface area (Å²) in [6.07, 6.45) is 0. The van der Waals surface area contributed by atoms with E-state index in [-0.39, 0.29) is 0 Å². The molecule has 2 heteroatoms. The van der Waals surface area contributed by atoms with E-state index in [1.807, 2.05) is 11.3 Å². The third-order valence-electron chi connectivity index (χ3n) is 14.0. The zero-order valence-electron chi connectivity index (χ0n) is 36.7. The first-order valence-electron chi connectivity index (χ1n) is 23.1. The maximum atomic E-state index is 2.45. The van der Waals surface area contributed by atoms with E-state index in [0.717, 1.165) is 17.1 Å². The molecule has 0 amide bonds. The van der Waals surface area contributed by atoms with Gasteiger partial charge in [-0.1, -0.05) is 212 Å². The lowest BCUT2D eigenvalue weighted by Gasteiger charge is -2.34. The summed E-state index contributed by atoms with van der Waals surface area (Å²) in [5.74, 6) is 0. The van der Waals surface area contributed by atoms with Crippen molar-refractivity contribution in [1.82, 2.24) is 0 Å². The standard InChI is InChI=1S/C65H43NS/c1-3-18-50(19-4-1)65(51-20-5-2-6-21-51)60-27-12-9-23-56(60)57-41-36-48(43-61(57)65)45-32-37-52(38-33-45)66(62-28-13-10-22-54(62)49-31-30-44-16-7-8-17-47(44)42-49)53-39-34-46(35-40-53)55-25-15-26-59-58-24-11-14-29-63(58)67-64(55)59/h1-43H. The molecule has 0 saturated carbocycles. The second-order valence-electron chi connectivity index (χ2n) is 17.6. The highest BCUT2D eigenvalue weighted by Crippen LogP contribution is 2.57. The van der Waals surface area contributed by atoms with Gasteiger partial charge in [-0.05, 0) is 121 Å². The summed E-state index contributed by atoms with van der Waals surface area (Å²) >= 11 is 1.88. The lowest BCUT2D eigenvalue weighted by Crippen LogP contribution is -2.28. The lowest BCUT2D eigenvalue weighted by molar-refractivity contribution is 0.769. The second kappa shape index (κ2) is 16.0. The minimum atomic E-state index is -0.456. The van der Waals surface area contributed by atoms with Gasteiger partial charge in [-0.2, -0.15) is 0 Å². The molecule has 0 unspecified atom stereocenters. The van der Waals surface area contributed by atoms with Crippen LogP contribution in [0.5, 0.6) is 0 Å². The number of thiophene rings is 1. The zero-order chi connectivity index (χ0) is 44.3. The van der Waals surface area contributed by atoms with Gasteiger partial charge >= 0.3 is 0 Å². The highest BCUT2D eigenvalue weighted by Gasteiger charge is 2.46. The first-order valence-corrected chi connectivity index (χ1v) is 23.9. The second-order valence-corrected chi connectivity index (χ2v) is 18.6. The Balaban J connectivity index is 0.943. The van der Waals surface area contributed by atoms with Crippen LogP contribution in [0.15, 0.2) is 261 Å². The molecule has 0 spiro atoms. The van der Waals surface area contributed by atoms with E-state index in [0.29, 0.717) is 0 Å². The summed E-state index contributed by atoms with van der Waals surface area (Å²) in [6, 6.07) is 96.3. The summed E-state index contributed by atoms with van der Waals surface area (Å²) in [4.78, 5) is 2.42. The molecule has 13 rings (SSSR count). The molecule has 1 aliphatic carbocycles. The number of para-hydroxylation sites is 1. The molecule has 0 atom stereocenters. The Kier molecular flexibility index (Phi) is 9.33. The first kappa shape index (κ1) is 39.1. The summed E-state index contributed by atoms with van der Waals surface area (Å²) in [6.45, 7) is 0. The highest BCUT2D eigenvalue weighted by atomic mass is 32.1. The van der Waals surface area contributed by atoms with Gasteiger partial charge in [0.05, 0.1) is 11.1 Å². The molecular formula is C65H43NS. The molecule has 1 aliphatic rings. The maximum absolute atomic E-state index is 2.45. The molecule has 67 heavy (non-hydrogen) atoms. The summed E-state index contributed by atoms with van der Waals surface area (Å²) in [5.41, 5.74) is 17.8. The van der Waals surface area contributed by atoms with Crippen LogP contribution in [0, 0.1) is 0 Å². The van der Waals surface area contributed by atoms with Crippen LogP contribution in [0.3, 0.4) is 0 Å². The number of benzene rings is 11. The van der Waals surface area contributed by atoms with Crippen LogP contribution in [0.1, 0.15) is 22.3 Å². The van der Waals surface area contributed by atoms with Crippen LogP contribution < -0.4 is 4.90 Å². The molecule has 0 fully saturated rings. The minimum Gasteiger partial charge on any atom is -0.310 e. The number of rotatable bonds is 8. The Morgan fingerprint density at radius 3 is 1.63 bits per heavy atom. The Labute approximate surface area is 395 Å².